The van der Waals surface area contributed by atoms with Crippen LogP contribution in [-0.2, 0) is 11.3 Å². The van der Waals surface area contributed by atoms with Gasteiger partial charge >= 0.3 is 0 Å². The molecule has 0 saturated carbocycles. The van der Waals surface area contributed by atoms with Crippen LogP contribution in [0.2, 0.25) is 0 Å². The summed E-state index contributed by atoms with van der Waals surface area (Å²) < 4.78 is 11.2. The summed E-state index contributed by atoms with van der Waals surface area (Å²) in [6, 6.07) is 3.92. The second-order valence-electron chi connectivity index (χ2n) is 5.92. The summed E-state index contributed by atoms with van der Waals surface area (Å²) in [5.74, 6) is 1.61. The molecule has 0 aromatic carbocycles. The van der Waals surface area contributed by atoms with Gasteiger partial charge in [0.05, 0.1) is 18.9 Å². The minimum absolute atomic E-state index is 0.230. The van der Waals surface area contributed by atoms with E-state index in [1.54, 1.807) is 6.26 Å². The van der Waals surface area contributed by atoms with Crippen molar-refractivity contribution in [2.45, 2.75) is 39.8 Å². The van der Waals surface area contributed by atoms with Gasteiger partial charge in [-0.1, -0.05) is 20.8 Å². The first-order valence-electron chi connectivity index (χ1n) is 6.42. The molecule has 2 heterocycles. The minimum atomic E-state index is 0.230. The molecular formula is C14H23NO2. The van der Waals surface area contributed by atoms with E-state index >= 15 is 0 Å². The highest BCUT2D eigenvalue weighted by molar-refractivity contribution is 4.97. The molecule has 1 N–H and O–H groups in total. The number of rotatable bonds is 4. The van der Waals surface area contributed by atoms with Gasteiger partial charge in [-0.3, -0.25) is 0 Å². The third-order valence-corrected chi connectivity index (χ3v) is 3.35. The minimum Gasteiger partial charge on any atom is -0.468 e. The molecule has 1 saturated heterocycles. The molecule has 2 rings (SSSR count). The number of hydrogen-bond acceptors (Lipinski definition) is 3. The molecule has 1 aromatic heterocycles. The molecule has 0 bridgehead atoms. The van der Waals surface area contributed by atoms with E-state index in [2.05, 4.69) is 26.1 Å². The average Bonchev–Trinajstić information content (AvgIpc) is 2.86. The second kappa shape index (κ2) is 5.23. The Labute approximate surface area is 104 Å². The van der Waals surface area contributed by atoms with Crippen molar-refractivity contribution in [1.29, 1.82) is 0 Å². The first-order valence-corrected chi connectivity index (χ1v) is 6.42. The zero-order valence-corrected chi connectivity index (χ0v) is 11.0. The van der Waals surface area contributed by atoms with Crippen LogP contribution in [0.5, 0.6) is 0 Å². The van der Waals surface area contributed by atoms with E-state index in [9.17, 15) is 0 Å². The third kappa shape index (κ3) is 3.33. The third-order valence-electron chi connectivity index (χ3n) is 3.35. The number of hydrogen-bond donors (Lipinski definition) is 1. The first-order chi connectivity index (χ1) is 8.07. The number of ether oxygens (including phenoxy) is 1. The van der Waals surface area contributed by atoms with Crippen molar-refractivity contribution in [2.24, 2.45) is 11.3 Å². The Balaban J connectivity index is 1.78. The van der Waals surface area contributed by atoms with E-state index in [-0.39, 0.29) is 5.41 Å². The summed E-state index contributed by atoms with van der Waals surface area (Å²) in [5, 5.41) is 3.46. The number of furan rings is 1. The van der Waals surface area contributed by atoms with E-state index in [1.807, 2.05) is 12.1 Å². The van der Waals surface area contributed by atoms with Crippen LogP contribution in [0.25, 0.3) is 0 Å². The van der Waals surface area contributed by atoms with E-state index < -0.39 is 0 Å². The molecule has 3 nitrogen and oxygen atoms in total. The molecule has 1 fully saturated rings. The molecule has 1 aromatic rings. The maximum absolute atomic E-state index is 5.85. The monoisotopic (exact) mass is 237 g/mol. The Bertz CT molecular complexity index is 326. The zero-order valence-electron chi connectivity index (χ0n) is 11.0. The van der Waals surface area contributed by atoms with Crippen molar-refractivity contribution in [2.75, 3.05) is 13.2 Å². The lowest BCUT2D eigenvalue weighted by molar-refractivity contribution is 0.00714. The Morgan fingerprint density at radius 3 is 2.88 bits per heavy atom. The van der Waals surface area contributed by atoms with Crippen molar-refractivity contribution < 1.29 is 9.15 Å². The maximum atomic E-state index is 5.85. The maximum Gasteiger partial charge on any atom is 0.117 e. The van der Waals surface area contributed by atoms with Crippen LogP contribution in [-0.4, -0.2) is 19.3 Å². The highest BCUT2D eigenvalue weighted by Crippen LogP contribution is 2.34. The summed E-state index contributed by atoms with van der Waals surface area (Å²) in [7, 11) is 0. The molecule has 17 heavy (non-hydrogen) atoms. The zero-order chi connectivity index (χ0) is 12.3. The number of nitrogens with one attached hydrogen (secondary N) is 1. The van der Waals surface area contributed by atoms with Gasteiger partial charge in [0.15, 0.2) is 0 Å². The fourth-order valence-electron chi connectivity index (χ4n) is 2.59. The predicted octanol–water partition coefficient (Wildman–Crippen LogP) is 2.82. The SMILES string of the molecule is CC(C)(C)[C@H]1OCC[C@@H]1CNCc1ccco1. The van der Waals surface area contributed by atoms with Crippen LogP contribution < -0.4 is 5.32 Å². The summed E-state index contributed by atoms with van der Waals surface area (Å²) >= 11 is 0. The van der Waals surface area contributed by atoms with Gasteiger partial charge in [0.2, 0.25) is 0 Å². The van der Waals surface area contributed by atoms with Gasteiger partial charge in [0.25, 0.3) is 0 Å². The summed E-state index contributed by atoms with van der Waals surface area (Å²) in [6.45, 7) is 9.46. The Morgan fingerprint density at radius 2 is 2.24 bits per heavy atom. The van der Waals surface area contributed by atoms with Crippen LogP contribution in [0.4, 0.5) is 0 Å². The average molecular weight is 237 g/mol. The lowest BCUT2D eigenvalue weighted by atomic mass is 9.81. The molecule has 0 unspecified atom stereocenters. The fourth-order valence-corrected chi connectivity index (χ4v) is 2.59. The molecule has 3 heteroatoms. The fraction of sp³-hybridized carbons (Fsp3) is 0.714. The lowest BCUT2D eigenvalue weighted by Crippen LogP contribution is -2.36. The van der Waals surface area contributed by atoms with E-state index in [0.717, 1.165) is 31.9 Å². The lowest BCUT2D eigenvalue weighted by Gasteiger charge is -2.31. The Kier molecular flexibility index (Phi) is 3.89. The van der Waals surface area contributed by atoms with Gasteiger partial charge in [-0.05, 0) is 24.0 Å². The van der Waals surface area contributed by atoms with E-state index in [1.165, 1.54) is 0 Å². The molecular weight excluding hydrogens is 214 g/mol. The van der Waals surface area contributed by atoms with Gasteiger partial charge in [0, 0.05) is 19.1 Å². The van der Waals surface area contributed by atoms with Crippen LogP contribution in [0.3, 0.4) is 0 Å². The van der Waals surface area contributed by atoms with Crippen LogP contribution in [0, 0.1) is 11.3 Å². The van der Waals surface area contributed by atoms with Gasteiger partial charge in [-0.15, -0.1) is 0 Å². The molecule has 1 aliphatic rings. The van der Waals surface area contributed by atoms with Gasteiger partial charge in [0.1, 0.15) is 5.76 Å². The second-order valence-corrected chi connectivity index (χ2v) is 5.92. The van der Waals surface area contributed by atoms with E-state index in [4.69, 9.17) is 9.15 Å². The molecule has 96 valence electrons. The van der Waals surface area contributed by atoms with Crippen molar-refractivity contribution in [3.8, 4) is 0 Å². The molecule has 0 amide bonds. The van der Waals surface area contributed by atoms with Crippen LogP contribution in [0.1, 0.15) is 33.0 Å². The first kappa shape index (κ1) is 12.7. The normalized spacial score (nSPS) is 25.4. The molecule has 2 atom stereocenters. The summed E-state index contributed by atoms with van der Waals surface area (Å²) in [5.41, 5.74) is 0.230. The molecule has 0 aliphatic carbocycles. The van der Waals surface area contributed by atoms with Crippen LogP contribution in [0.15, 0.2) is 22.8 Å². The van der Waals surface area contributed by atoms with Crippen molar-refractivity contribution in [3.63, 3.8) is 0 Å². The predicted molar refractivity (Wildman–Crippen MR) is 67.7 cm³/mol. The highest BCUT2D eigenvalue weighted by atomic mass is 16.5. The quantitative estimate of drug-likeness (QED) is 0.874. The van der Waals surface area contributed by atoms with Gasteiger partial charge < -0.3 is 14.5 Å². The van der Waals surface area contributed by atoms with Crippen molar-refractivity contribution in [3.05, 3.63) is 24.2 Å². The Hall–Kier alpha value is -0.800. The largest absolute Gasteiger partial charge is 0.468 e. The summed E-state index contributed by atoms with van der Waals surface area (Å²) in [4.78, 5) is 0. The standard InChI is InChI=1S/C14H23NO2/c1-14(2,3)13-11(6-8-17-13)9-15-10-12-5-4-7-16-12/h4-5,7,11,13,15H,6,8-10H2,1-3H3/t11-,13+/m1/s1. The highest BCUT2D eigenvalue weighted by Gasteiger charge is 2.36. The van der Waals surface area contributed by atoms with Gasteiger partial charge in [-0.25, -0.2) is 0 Å². The summed E-state index contributed by atoms with van der Waals surface area (Å²) in [6.07, 6.45) is 3.24. The van der Waals surface area contributed by atoms with Crippen molar-refractivity contribution >= 4 is 0 Å². The molecule has 0 spiro atoms. The van der Waals surface area contributed by atoms with Crippen LogP contribution >= 0.6 is 0 Å². The molecule has 1 aliphatic heterocycles. The smallest absolute Gasteiger partial charge is 0.117 e. The molecule has 0 radical (unpaired) electrons. The Morgan fingerprint density at radius 1 is 1.41 bits per heavy atom. The van der Waals surface area contributed by atoms with Crippen molar-refractivity contribution in [1.82, 2.24) is 5.32 Å². The van der Waals surface area contributed by atoms with Gasteiger partial charge in [-0.2, -0.15) is 0 Å². The van der Waals surface area contributed by atoms with E-state index in [0.29, 0.717) is 12.0 Å². The topological polar surface area (TPSA) is 34.4 Å².